The molecular weight excluding hydrogens is 408 g/mol. The van der Waals surface area contributed by atoms with Crippen molar-refractivity contribution in [2.24, 2.45) is 11.7 Å². The van der Waals surface area contributed by atoms with Gasteiger partial charge in [0.1, 0.15) is 12.1 Å². The van der Waals surface area contributed by atoms with Crippen LogP contribution in [0.2, 0.25) is 0 Å². The highest BCUT2D eigenvalue weighted by atomic mass is 32.1. The smallest absolute Gasteiger partial charge is 0.247 e. The quantitative estimate of drug-likeness (QED) is 0.292. The molecule has 0 aromatic carbocycles. The Morgan fingerprint density at radius 3 is 2.53 bits per heavy atom. The van der Waals surface area contributed by atoms with Gasteiger partial charge >= 0.3 is 0 Å². The van der Waals surface area contributed by atoms with E-state index in [2.05, 4.69) is 16.0 Å². The summed E-state index contributed by atoms with van der Waals surface area (Å²) in [6, 6.07) is 1.33. The summed E-state index contributed by atoms with van der Waals surface area (Å²) in [5.41, 5.74) is 5.60. The van der Waals surface area contributed by atoms with Gasteiger partial charge in [0, 0.05) is 23.3 Å². The van der Waals surface area contributed by atoms with Crippen molar-refractivity contribution in [3.05, 3.63) is 34.0 Å². The topological polar surface area (TPSA) is 154 Å². The van der Waals surface area contributed by atoms with Gasteiger partial charge in [-0.3, -0.25) is 14.4 Å². The van der Waals surface area contributed by atoms with Crippen LogP contribution in [0.3, 0.4) is 0 Å². The van der Waals surface area contributed by atoms with Gasteiger partial charge in [0.25, 0.3) is 0 Å². The van der Waals surface area contributed by atoms with Gasteiger partial charge in [-0.15, -0.1) is 11.3 Å². The lowest BCUT2D eigenvalue weighted by Gasteiger charge is -2.32. The van der Waals surface area contributed by atoms with Crippen LogP contribution in [0.4, 0.5) is 0 Å². The number of thiophene rings is 1. The molecule has 3 amide bonds. The van der Waals surface area contributed by atoms with Gasteiger partial charge in [-0.25, -0.2) is 0 Å². The van der Waals surface area contributed by atoms with Crippen LogP contribution in [-0.4, -0.2) is 65.3 Å². The molecule has 1 aliphatic rings. The number of aliphatic hydroxyl groups is 2. The Hall–Kier alpha value is -2.27. The minimum absolute atomic E-state index is 0.000909. The Morgan fingerprint density at radius 1 is 1.30 bits per heavy atom. The number of rotatable bonds is 9. The molecular formula is C20H30N4O5S. The number of nitrogens with two attached hydrogens (primary N) is 1. The van der Waals surface area contributed by atoms with Crippen molar-refractivity contribution in [3.8, 4) is 0 Å². The lowest BCUT2D eigenvalue weighted by atomic mass is 9.89. The maximum atomic E-state index is 12.7. The fourth-order valence-electron chi connectivity index (χ4n) is 3.39. The third-order valence-electron chi connectivity index (χ3n) is 5.07. The largest absolute Gasteiger partial charge is 0.390 e. The van der Waals surface area contributed by atoms with Gasteiger partial charge in [0.05, 0.1) is 18.2 Å². The average Bonchev–Trinajstić information content (AvgIpc) is 3.17. The van der Waals surface area contributed by atoms with Crippen molar-refractivity contribution < 1.29 is 24.6 Å². The first-order valence-corrected chi connectivity index (χ1v) is 10.7. The molecule has 2 rings (SSSR count). The first-order chi connectivity index (χ1) is 14.1. The molecule has 0 radical (unpaired) electrons. The lowest BCUT2D eigenvalue weighted by molar-refractivity contribution is -0.127. The van der Waals surface area contributed by atoms with E-state index in [4.69, 9.17) is 5.73 Å². The molecule has 166 valence electrons. The number of hydrogen-bond donors (Lipinski definition) is 6. The van der Waals surface area contributed by atoms with Gasteiger partial charge < -0.3 is 31.9 Å². The Balaban J connectivity index is 2.13. The van der Waals surface area contributed by atoms with Crippen LogP contribution in [0.15, 0.2) is 29.2 Å². The Kier molecular flexibility index (Phi) is 8.54. The molecule has 5 unspecified atom stereocenters. The van der Waals surface area contributed by atoms with Gasteiger partial charge in [-0.2, -0.15) is 0 Å². The number of carbonyl (C=O) groups is 3. The van der Waals surface area contributed by atoms with E-state index < -0.39 is 42.1 Å². The van der Waals surface area contributed by atoms with E-state index in [0.717, 1.165) is 4.88 Å². The lowest BCUT2D eigenvalue weighted by Crippen LogP contribution is -2.56. The second-order valence-electron chi connectivity index (χ2n) is 7.71. The highest BCUT2D eigenvalue weighted by molar-refractivity contribution is 7.09. The highest BCUT2D eigenvalue weighted by Gasteiger charge is 2.35. The zero-order valence-electron chi connectivity index (χ0n) is 17.3. The Bertz CT molecular complexity index is 780. The Morgan fingerprint density at radius 2 is 2.00 bits per heavy atom. The van der Waals surface area contributed by atoms with Crippen molar-refractivity contribution in [3.63, 3.8) is 0 Å². The molecule has 0 saturated heterocycles. The van der Waals surface area contributed by atoms with Crippen LogP contribution in [0.1, 0.15) is 25.1 Å². The number of nitrogens with one attached hydrogen (secondary N) is 3. The van der Waals surface area contributed by atoms with E-state index in [-0.39, 0.29) is 30.2 Å². The monoisotopic (exact) mass is 438 g/mol. The summed E-state index contributed by atoms with van der Waals surface area (Å²) in [6.07, 6.45) is -0.925. The first kappa shape index (κ1) is 24.0. The van der Waals surface area contributed by atoms with Gasteiger partial charge in [-0.1, -0.05) is 26.0 Å². The maximum Gasteiger partial charge on any atom is 0.247 e. The standard InChI is InChI=1S/C20H30N4O5S/c1-10(2)16(22-3)20(29)23-13-7-11(8-15(25)17(13)26)19(28)24-14(18(21)27)9-12-5-4-6-30-12/h4-7,10,13-17,22,25-26H,8-9H2,1-3H3,(H2,21,27)(H,23,29)(H,24,28). The van der Waals surface area contributed by atoms with Crippen LogP contribution >= 0.6 is 11.3 Å². The normalized spacial score (nSPS) is 23.4. The minimum Gasteiger partial charge on any atom is -0.390 e. The van der Waals surface area contributed by atoms with E-state index in [1.165, 1.54) is 17.4 Å². The third-order valence-corrected chi connectivity index (χ3v) is 5.97. The summed E-state index contributed by atoms with van der Waals surface area (Å²) in [5, 5.41) is 30.5. The number of hydrogen-bond acceptors (Lipinski definition) is 7. The minimum atomic E-state index is -1.26. The van der Waals surface area contributed by atoms with Crippen molar-refractivity contribution in [2.75, 3.05) is 7.05 Å². The summed E-state index contributed by atoms with van der Waals surface area (Å²) in [4.78, 5) is 37.9. The number of amides is 3. The van der Waals surface area contributed by atoms with Crippen LogP contribution in [0.5, 0.6) is 0 Å². The first-order valence-electron chi connectivity index (χ1n) is 9.81. The van der Waals surface area contributed by atoms with Crippen LogP contribution in [-0.2, 0) is 20.8 Å². The van der Waals surface area contributed by atoms with Crippen molar-refractivity contribution >= 4 is 29.1 Å². The van der Waals surface area contributed by atoms with Crippen LogP contribution in [0.25, 0.3) is 0 Å². The van der Waals surface area contributed by atoms with E-state index in [0.29, 0.717) is 0 Å². The van der Waals surface area contributed by atoms with Gasteiger partial charge in [0.15, 0.2) is 0 Å². The predicted molar refractivity (Wildman–Crippen MR) is 113 cm³/mol. The van der Waals surface area contributed by atoms with Crippen LogP contribution in [0, 0.1) is 5.92 Å². The van der Waals surface area contributed by atoms with Crippen molar-refractivity contribution in [2.45, 2.75) is 57.0 Å². The summed E-state index contributed by atoms with van der Waals surface area (Å²) in [7, 11) is 1.66. The number of likely N-dealkylation sites (N-methyl/N-ethyl adjacent to an activating group) is 1. The summed E-state index contributed by atoms with van der Waals surface area (Å²) in [5.74, 6) is -1.60. The second-order valence-corrected chi connectivity index (χ2v) is 8.74. The van der Waals surface area contributed by atoms with E-state index in [9.17, 15) is 24.6 Å². The summed E-state index contributed by atoms with van der Waals surface area (Å²) in [6.45, 7) is 3.75. The zero-order chi connectivity index (χ0) is 22.4. The van der Waals surface area contributed by atoms with Crippen LogP contribution < -0.4 is 21.7 Å². The molecule has 1 aliphatic carbocycles. The predicted octanol–water partition coefficient (Wildman–Crippen LogP) is -0.959. The molecule has 30 heavy (non-hydrogen) atoms. The van der Waals surface area contributed by atoms with Gasteiger partial charge in [0.2, 0.25) is 17.7 Å². The number of primary amides is 1. The van der Waals surface area contributed by atoms with Crippen molar-refractivity contribution in [1.29, 1.82) is 0 Å². The molecule has 1 aromatic heterocycles. The fourth-order valence-corrected chi connectivity index (χ4v) is 4.14. The molecule has 0 spiro atoms. The molecule has 0 bridgehead atoms. The molecule has 9 nitrogen and oxygen atoms in total. The summed E-state index contributed by atoms with van der Waals surface area (Å²) >= 11 is 1.45. The van der Waals surface area contributed by atoms with E-state index >= 15 is 0 Å². The van der Waals surface area contributed by atoms with Crippen molar-refractivity contribution in [1.82, 2.24) is 16.0 Å². The van der Waals surface area contributed by atoms with E-state index in [1.807, 2.05) is 31.4 Å². The second kappa shape index (κ2) is 10.7. The summed E-state index contributed by atoms with van der Waals surface area (Å²) < 4.78 is 0. The number of carbonyl (C=O) groups excluding carboxylic acids is 3. The molecule has 0 saturated carbocycles. The molecule has 7 N–H and O–H groups in total. The average molecular weight is 439 g/mol. The zero-order valence-corrected chi connectivity index (χ0v) is 18.1. The number of aliphatic hydroxyl groups excluding tert-OH is 2. The molecule has 1 aromatic rings. The molecule has 0 aliphatic heterocycles. The molecule has 10 heteroatoms. The molecule has 5 atom stereocenters. The highest BCUT2D eigenvalue weighted by Crippen LogP contribution is 2.21. The SMILES string of the molecule is CNC(C(=O)NC1C=C(C(=O)NC(Cc2cccs2)C(N)=O)CC(O)C1O)C(C)C. The van der Waals surface area contributed by atoms with Gasteiger partial charge in [-0.05, 0) is 24.4 Å². The fraction of sp³-hybridized carbons (Fsp3) is 0.550. The molecule has 1 heterocycles. The van der Waals surface area contributed by atoms with E-state index in [1.54, 1.807) is 7.05 Å². The maximum absolute atomic E-state index is 12.7. The molecule has 0 fully saturated rings. The Labute approximate surface area is 179 Å². The third kappa shape index (κ3) is 6.11.